The van der Waals surface area contributed by atoms with Gasteiger partial charge in [-0.3, -0.25) is 14.9 Å². The lowest BCUT2D eigenvalue weighted by Gasteiger charge is -2.43. The first-order valence-electron chi connectivity index (χ1n) is 8.94. The van der Waals surface area contributed by atoms with Crippen LogP contribution >= 0.6 is 0 Å². The molecule has 0 amide bonds. The van der Waals surface area contributed by atoms with Crippen molar-refractivity contribution >= 4 is 5.78 Å². The molecule has 3 rings (SSSR count). The summed E-state index contributed by atoms with van der Waals surface area (Å²) in [4.78, 5) is 24.7. The second-order valence-electron chi connectivity index (χ2n) is 7.26. The van der Waals surface area contributed by atoms with Gasteiger partial charge in [0.2, 0.25) is 6.04 Å². The van der Waals surface area contributed by atoms with Gasteiger partial charge in [0, 0.05) is 16.9 Å². The van der Waals surface area contributed by atoms with Gasteiger partial charge in [-0.05, 0) is 31.0 Å². The Morgan fingerprint density at radius 2 is 1.81 bits per heavy atom. The van der Waals surface area contributed by atoms with Crippen LogP contribution in [0.5, 0.6) is 5.75 Å². The summed E-state index contributed by atoms with van der Waals surface area (Å²) in [5, 5.41) is 22.8. The molecule has 0 aliphatic heterocycles. The molecule has 1 saturated carbocycles. The molecule has 0 radical (unpaired) electrons. The van der Waals surface area contributed by atoms with Crippen LogP contribution in [0.4, 0.5) is 0 Å². The van der Waals surface area contributed by atoms with Crippen LogP contribution in [-0.2, 0) is 0 Å². The monoisotopic (exact) mass is 369 g/mol. The largest absolute Gasteiger partial charge is 0.497 e. The normalized spacial score (nSPS) is 27.7. The lowest BCUT2D eigenvalue weighted by molar-refractivity contribution is -0.533. The fourth-order valence-corrected chi connectivity index (χ4v) is 4.09. The number of methoxy groups -OCH3 is 1. The van der Waals surface area contributed by atoms with E-state index in [1.54, 1.807) is 68.6 Å². The van der Waals surface area contributed by atoms with Crippen molar-refractivity contribution in [3.63, 3.8) is 0 Å². The van der Waals surface area contributed by atoms with Crippen molar-refractivity contribution in [1.29, 1.82) is 0 Å². The predicted octanol–water partition coefficient (Wildman–Crippen LogP) is 3.47. The minimum atomic E-state index is -1.33. The molecule has 1 fully saturated rings. The first-order chi connectivity index (χ1) is 12.8. The highest BCUT2D eigenvalue weighted by molar-refractivity contribution is 5.99. The maximum Gasteiger partial charge on any atom is 0.220 e. The van der Waals surface area contributed by atoms with E-state index in [4.69, 9.17) is 4.74 Å². The maximum absolute atomic E-state index is 13.3. The van der Waals surface area contributed by atoms with Crippen molar-refractivity contribution in [1.82, 2.24) is 0 Å². The molecule has 4 atom stereocenters. The van der Waals surface area contributed by atoms with Gasteiger partial charge in [0.15, 0.2) is 5.78 Å². The first kappa shape index (κ1) is 19.0. The number of aliphatic hydroxyl groups is 1. The lowest BCUT2D eigenvalue weighted by atomic mass is 9.63. The quantitative estimate of drug-likeness (QED) is 0.495. The standard InChI is InChI=1S/C21H23NO5/c1-21(24)13-12-17(22(25)26)18(14-8-10-16(27-2)11-9-14)19(21)20(23)15-6-4-3-5-7-15/h3-11,17-19,24H,12-13H2,1-2H3/t17-,18+,19+,21+/m0/s1. The van der Waals surface area contributed by atoms with Gasteiger partial charge in [0.05, 0.1) is 24.5 Å². The number of carbonyl (C=O) groups is 1. The number of ether oxygens (including phenoxy) is 1. The molecule has 142 valence electrons. The van der Waals surface area contributed by atoms with Crippen molar-refractivity contribution in [3.8, 4) is 5.75 Å². The zero-order valence-corrected chi connectivity index (χ0v) is 15.4. The van der Waals surface area contributed by atoms with Crippen LogP contribution in [0.1, 0.15) is 41.6 Å². The Bertz CT molecular complexity index is 816. The van der Waals surface area contributed by atoms with Gasteiger partial charge < -0.3 is 9.84 Å². The maximum atomic E-state index is 13.3. The average molecular weight is 369 g/mol. The number of ketones is 1. The Hall–Kier alpha value is -2.73. The van der Waals surface area contributed by atoms with Crippen LogP contribution in [0, 0.1) is 16.0 Å². The van der Waals surface area contributed by atoms with E-state index in [2.05, 4.69) is 0 Å². The van der Waals surface area contributed by atoms with E-state index in [1.165, 1.54) is 0 Å². The third kappa shape index (κ3) is 3.71. The molecule has 0 saturated heterocycles. The van der Waals surface area contributed by atoms with E-state index < -0.39 is 23.5 Å². The summed E-state index contributed by atoms with van der Waals surface area (Å²) in [5.41, 5.74) is -0.221. The summed E-state index contributed by atoms with van der Waals surface area (Å²) in [6.07, 6.45) is 0.420. The SMILES string of the molecule is COc1ccc([C@@H]2[C@@H]([N+](=O)[O-])CC[C@@](C)(O)[C@H]2C(=O)c2ccccc2)cc1. The van der Waals surface area contributed by atoms with Crippen molar-refractivity contribution in [2.45, 2.75) is 37.3 Å². The molecule has 2 aromatic carbocycles. The van der Waals surface area contributed by atoms with Gasteiger partial charge in [-0.25, -0.2) is 0 Å². The molecule has 0 spiro atoms. The van der Waals surface area contributed by atoms with E-state index in [0.29, 0.717) is 16.9 Å². The summed E-state index contributed by atoms with van der Waals surface area (Å²) in [5.74, 6) is -1.27. The first-order valence-corrected chi connectivity index (χ1v) is 8.94. The van der Waals surface area contributed by atoms with E-state index in [-0.39, 0.29) is 23.5 Å². The van der Waals surface area contributed by atoms with Crippen LogP contribution in [-0.4, -0.2) is 34.6 Å². The molecule has 0 aromatic heterocycles. The fourth-order valence-electron chi connectivity index (χ4n) is 4.09. The molecule has 6 nitrogen and oxygen atoms in total. The number of Topliss-reactive ketones (excluding diaryl/α,β-unsaturated/α-hetero) is 1. The van der Waals surface area contributed by atoms with Crippen LogP contribution in [0.3, 0.4) is 0 Å². The Labute approximate surface area is 157 Å². The zero-order valence-electron chi connectivity index (χ0n) is 15.4. The Morgan fingerprint density at radius 1 is 1.19 bits per heavy atom. The Morgan fingerprint density at radius 3 is 2.37 bits per heavy atom. The van der Waals surface area contributed by atoms with E-state index in [9.17, 15) is 20.0 Å². The van der Waals surface area contributed by atoms with Crippen LogP contribution in [0.2, 0.25) is 0 Å². The van der Waals surface area contributed by atoms with Gasteiger partial charge in [-0.1, -0.05) is 42.5 Å². The summed E-state index contributed by atoms with van der Waals surface area (Å²) in [6.45, 7) is 1.60. The van der Waals surface area contributed by atoms with E-state index >= 15 is 0 Å². The third-order valence-corrected chi connectivity index (χ3v) is 5.50. The number of hydrogen-bond acceptors (Lipinski definition) is 5. The van der Waals surface area contributed by atoms with Gasteiger partial charge >= 0.3 is 0 Å². The topological polar surface area (TPSA) is 89.7 Å². The highest BCUT2D eigenvalue weighted by Crippen LogP contribution is 2.46. The van der Waals surface area contributed by atoms with E-state index in [1.807, 2.05) is 0 Å². The number of carbonyl (C=O) groups excluding carboxylic acids is 1. The molecule has 1 aliphatic carbocycles. The molecule has 0 heterocycles. The lowest BCUT2D eigenvalue weighted by Crippen LogP contribution is -2.52. The zero-order chi connectivity index (χ0) is 19.6. The molecule has 0 bridgehead atoms. The highest BCUT2D eigenvalue weighted by Gasteiger charge is 2.54. The number of rotatable bonds is 5. The molecule has 2 aromatic rings. The minimum Gasteiger partial charge on any atom is -0.497 e. The Kier molecular flexibility index (Phi) is 5.28. The Balaban J connectivity index is 2.10. The highest BCUT2D eigenvalue weighted by atomic mass is 16.6. The molecule has 27 heavy (non-hydrogen) atoms. The molecular weight excluding hydrogens is 346 g/mol. The summed E-state index contributed by atoms with van der Waals surface area (Å²) in [6, 6.07) is 14.7. The third-order valence-electron chi connectivity index (χ3n) is 5.50. The van der Waals surface area contributed by atoms with Crippen molar-refractivity contribution in [2.75, 3.05) is 7.11 Å². The van der Waals surface area contributed by atoms with Gasteiger partial charge in [-0.2, -0.15) is 0 Å². The van der Waals surface area contributed by atoms with Crippen molar-refractivity contribution in [3.05, 3.63) is 75.8 Å². The van der Waals surface area contributed by atoms with Crippen LogP contribution < -0.4 is 4.74 Å². The van der Waals surface area contributed by atoms with Crippen LogP contribution in [0.25, 0.3) is 0 Å². The summed E-state index contributed by atoms with van der Waals surface area (Å²) >= 11 is 0. The van der Waals surface area contributed by atoms with Crippen LogP contribution in [0.15, 0.2) is 54.6 Å². The molecular formula is C21H23NO5. The molecule has 6 heteroatoms. The number of nitro groups is 1. The smallest absolute Gasteiger partial charge is 0.220 e. The van der Waals surface area contributed by atoms with Gasteiger partial charge in [0.25, 0.3) is 0 Å². The molecule has 0 unspecified atom stereocenters. The van der Waals surface area contributed by atoms with Crippen molar-refractivity contribution in [2.24, 2.45) is 5.92 Å². The van der Waals surface area contributed by atoms with E-state index in [0.717, 1.165) is 0 Å². The molecule has 1 aliphatic rings. The van der Waals surface area contributed by atoms with Gasteiger partial charge in [0.1, 0.15) is 5.75 Å². The van der Waals surface area contributed by atoms with Gasteiger partial charge in [-0.15, -0.1) is 0 Å². The summed E-state index contributed by atoms with van der Waals surface area (Å²) in [7, 11) is 1.54. The minimum absolute atomic E-state index is 0.203. The van der Waals surface area contributed by atoms with Crippen molar-refractivity contribution < 1.29 is 19.6 Å². The summed E-state index contributed by atoms with van der Waals surface area (Å²) < 4.78 is 5.17. The molecule has 1 N–H and O–H groups in total. The predicted molar refractivity (Wildman–Crippen MR) is 101 cm³/mol. The number of benzene rings is 2. The second kappa shape index (κ2) is 7.48. The number of nitrogens with zero attached hydrogens (tertiary/aromatic N) is 1. The number of hydrogen-bond donors (Lipinski definition) is 1. The second-order valence-corrected chi connectivity index (χ2v) is 7.26. The average Bonchev–Trinajstić information content (AvgIpc) is 2.67. The fraction of sp³-hybridized carbons (Fsp3) is 0.381.